The Hall–Kier alpha value is -1.55. The van der Waals surface area contributed by atoms with Crippen molar-refractivity contribution in [1.82, 2.24) is 0 Å². The van der Waals surface area contributed by atoms with Gasteiger partial charge in [-0.15, -0.1) is 0 Å². The molecule has 0 radical (unpaired) electrons. The molecule has 0 unspecified atom stereocenters. The number of benzene rings is 1. The molecule has 0 amide bonds. The van der Waals surface area contributed by atoms with Gasteiger partial charge in [-0.1, -0.05) is 23.9 Å². The van der Waals surface area contributed by atoms with E-state index in [0.717, 1.165) is 23.5 Å². The van der Waals surface area contributed by atoms with Crippen molar-refractivity contribution < 1.29 is 14.3 Å². The molecule has 0 fully saturated rings. The minimum Gasteiger partial charge on any atom is -0.496 e. The summed E-state index contributed by atoms with van der Waals surface area (Å²) in [6.45, 7) is 3.10. The average Bonchev–Trinajstić information content (AvgIpc) is 2.37. The number of Topliss-reactive ketones (excluding diaryl/α,β-unsaturated/α-hetero) is 1. The second kappa shape index (κ2) is 7.79. The molecule has 3 nitrogen and oxygen atoms in total. The summed E-state index contributed by atoms with van der Waals surface area (Å²) in [6, 6.07) is 5.36. The van der Waals surface area contributed by atoms with Crippen LogP contribution >= 0.6 is 11.8 Å². The summed E-state index contributed by atoms with van der Waals surface area (Å²) >= 11 is 1.31. The predicted octanol–water partition coefficient (Wildman–Crippen LogP) is 3.58. The van der Waals surface area contributed by atoms with Crippen LogP contribution in [0.4, 0.5) is 0 Å². The van der Waals surface area contributed by atoms with E-state index in [0.29, 0.717) is 5.56 Å². The third-order valence-corrected chi connectivity index (χ3v) is 3.37. The lowest BCUT2D eigenvalue weighted by molar-refractivity contribution is -0.109. The van der Waals surface area contributed by atoms with Gasteiger partial charge in [-0.05, 0) is 31.5 Å². The van der Waals surface area contributed by atoms with E-state index in [1.54, 1.807) is 33.1 Å². The molecule has 0 bridgehead atoms. The van der Waals surface area contributed by atoms with Crippen molar-refractivity contribution in [2.24, 2.45) is 0 Å². The van der Waals surface area contributed by atoms with Gasteiger partial charge in [0.05, 0.1) is 7.11 Å². The van der Waals surface area contributed by atoms with Gasteiger partial charge < -0.3 is 4.74 Å². The molecule has 0 spiro atoms. The number of allylic oxidation sites excluding steroid dienone is 1. The van der Waals surface area contributed by atoms with Gasteiger partial charge in [0.1, 0.15) is 5.75 Å². The van der Waals surface area contributed by atoms with Gasteiger partial charge in [-0.25, -0.2) is 0 Å². The molecule has 4 heteroatoms. The van der Waals surface area contributed by atoms with Crippen LogP contribution < -0.4 is 4.74 Å². The smallest absolute Gasteiger partial charge is 0.185 e. The zero-order valence-corrected chi connectivity index (χ0v) is 12.3. The van der Waals surface area contributed by atoms with Crippen LogP contribution in [0.25, 0.3) is 6.08 Å². The Morgan fingerprint density at radius 1 is 1.32 bits per heavy atom. The zero-order chi connectivity index (χ0) is 14.3. The van der Waals surface area contributed by atoms with Gasteiger partial charge >= 0.3 is 0 Å². The van der Waals surface area contributed by atoms with Crippen LogP contribution in [0.15, 0.2) is 24.3 Å². The van der Waals surface area contributed by atoms with E-state index in [9.17, 15) is 9.59 Å². The van der Waals surface area contributed by atoms with Gasteiger partial charge in [0.2, 0.25) is 0 Å². The summed E-state index contributed by atoms with van der Waals surface area (Å²) in [4.78, 5) is 22.1. The first-order valence-electron chi connectivity index (χ1n) is 6.03. The van der Waals surface area contributed by atoms with E-state index < -0.39 is 0 Å². The molecule has 1 aromatic carbocycles. The number of ketones is 1. The van der Waals surface area contributed by atoms with E-state index >= 15 is 0 Å². The average molecular weight is 278 g/mol. The minimum atomic E-state index is 0.0319. The zero-order valence-electron chi connectivity index (χ0n) is 11.4. The van der Waals surface area contributed by atoms with Gasteiger partial charge in [-0.2, -0.15) is 0 Å². The number of thioether (sulfide) groups is 1. The summed E-state index contributed by atoms with van der Waals surface area (Å²) in [5, 5.41) is 0.129. The first-order valence-corrected chi connectivity index (χ1v) is 7.02. The lowest BCUT2D eigenvalue weighted by atomic mass is 10.1. The third kappa shape index (κ3) is 5.30. The van der Waals surface area contributed by atoms with Crippen molar-refractivity contribution >= 4 is 28.7 Å². The fraction of sp³-hybridized carbons (Fsp3) is 0.333. The van der Waals surface area contributed by atoms with Crippen molar-refractivity contribution in [2.75, 3.05) is 12.9 Å². The molecule has 0 saturated carbocycles. The van der Waals surface area contributed by atoms with Crippen LogP contribution in [0.5, 0.6) is 5.75 Å². The Bertz CT molecular complexity index is 492. The van der Waals surface area contributed by atoms with Crippen molar-refractivity contribution in [3.8, 4) is 5.75 Å². The van der Waals surface area contributed by atoms with E-state index in [1.165, 1.54) is 11.8 Å². The van der Waals surface area contributed by atoms with Gasteiger partial charge in [0, 0.05) is 23.8 Å². The first-order chi connectivity index (χ1) is 9.04. The maximum absolute atomic E-state index is 11.3. The fourth-order valence-corrected chi connectivity index (χ4v) is 2.11. The van der Waals surface area contributed by atoms with Crippen LogP contribution in [0, 0.1) is 0 Å². The quantitative estimate of drug-likeness (QED) is 0.589. The molecule has 0 aliphatic rings. The SMILES string of the molecule is COc1ccc(C(C)=O)cc1C=CCCSC(C)=O. The molecule has 0 saturated heterocycles. The molecule has 0 N–H and O–H groups in total. The normalized spacial score (nSPS) is 10.7. The molecule has 102 valence electrons. The maximum Gasteiger partial charge on any atom is 0.185 e. The molecule has 19 heavy (non-hydrogen) atoms. The molecule has 0 atom stereocenters. The number of hydrogen-bond acceptors (Lipinski definition) is 4. The second-order valence-corrected chi connectivity index (χ2v) is 5.32. The molecule has 1 aromatic rings. The number of ether oxygens (including phenoxy) is 1. The van der Waals surface area contributed by atoms with Crippen molar-refractivity contribution in [2.45, 2.75) is 20.3 Å². The molecule has 1 rings (SSSR count). The third-order valence-electron chi connectivity index (χ3n) is 2.52. The van der Waals surface area contributed by atoms with Crippen molar-refractivity contribution in [3.63, 3.8) is 0 Å². The highest BCUT2D eigenvalue weighted by Gasteiger charge is 2.04. The Balaban J connectivity index is 2.74. The summed E-state index contributed by atoms with van der Waals surface area (Å²) in [7, 11) is 1.60. The van der Waals surface area contributed by atoms with E-state index in [2.05, 4.69) is 0 Å². The largest absolute Gasteiger partial charge is 0.496 e. The van der Waals surface area contributed by atoms with E-state index in [1.807, 2.05) is 18.2 Å². The summed E-state index contributed by atoms with van der Waals surface area (Å²) < 4.78 is 5.25. The van der Waals surface area contributed by atoms with Crippen molar-refractivity contribution in [1.29, 1.82) is 0 Å². The highest BCUT2D eigenvalue weighted by molar-refractivity contribution is 8.13. The summed E-state index contributed by atoms with van der Waals surface area (Å²) in [6.07, 6.45) is 4.71. The van der Waals surface area contributed by atoms with Gasteiger partial charge in [0.15, 0.2) is 10.9 Å². The van der Waals surface area contributed by atoms with Gasteiger partial charge in [0.25, 0.3) is 0 Å². The Kier molecular flexibility index (Phi) is 6.36. The fourth-order valence-electron chi connectivity index (χ4n) is 1.56. The lowest BCUT2D eigenvalue weighted by Gasteiger charge is -2.06. The summed E-state index contributed by atoms with van der Waals surface area (Å²) in [5.41, 5.74) is 1.54. The summed E-state index contributed by atoms with van der Waals surface area (Å²) in [5.74, 6) is 1.53. The molecular weight excluding hydrogens is 260 g/mol. The topological polar surface area (TPSA) is 43.4 Å². The Morgan fingerprint density at radius 2 is 2.05 bits per heavy atom. The van der Waals surface area contributed by atoms with Crippen LogP contribution in [0.2, 0.25) is 0 Å². The van der Waals surface area contributed by atoms with Crippen LogP contribution in [0.1, 0.15) is 36.2 Å². The maximum atomic E-state index is 11.3. The number of methoxy groups -OCH3 is 1. The Labute approximate surface area is 118 Å². The number of carbonyl (C=O) groups excluding carboxylic acids is 2. The second-order valence-electron chi connectivity index (χ2n) is 4.04. The Morgan fingerprint density at radius 3 is 2.63 bits per heavy atom. The monoisotopic (exact) mass is 278 g/mol. The van der Waals surface area contributed by atoms with Crippen LogP contribution in [-0.4, -0.2) is 23.8 Å². The van der Waals surface area contributed by atoms with E-state index in [4.69, 9.17) is 4.74 Å². The molecule has 0 aliphatic heterocycles. The van der Waals surface area contributed by atoms with Crippen LogP contribution in [0.3, 0.4) is 0 Å². The molecule has 0 aromatic heterocycles. The molecule has 0 aliphatic carbocycles. The number of carbonyl (C=O) groups is 2. The lowest BCUT2D eigenvalue weighted by Crippen LogP contribution is -1.94. The standard InChI is InChI=1S/C15H18O3S/c1-11(16)13-7-8-15(18-3)14(10-13)6-4-5-9-19-12(2)17/h4,6-8,10H,5,9H2,1-3H3. The number of hydrogen-bond donors (Lipinski definition) is 0. The minimum absolute atomic E-state index is 0.0319. The first kappa shape index (κ1) is 15.5. The molecular formula is C15H18O3S. The van der Waals surface area contributed by atoms with Crippen molar-refractivity contribution in [3.05, 3.63) is 35.4 Å². The predicted molar refractivity (Wildman–Crippen MR) is 79.8 cm³/mol. The van der Waals surface area contributed by atoms with Crippen LogP contribution in [-0.2, 0) is 4.79 Å². The number of rotatable bonds is 6. The van der Waals surface area contributed by atoms with Gasteiger partial charge in [-0.3, -0.25) is 9.59 Å². The highest BCUT2D eigenvalue weighted by atomic mass is 32.2. The molecule has 0 heterocycles. The highest BCUT2D eigenvalue weighted by Crippen LogP contribution is 2.22. The van der Waals surface area contributed by atoms with E-state index in [-0.39, 0.29) is 10.9 Å².